The average Bonchev–Trinajstić information content (AvgIpc) is 2.80. The topological polar surface area (TPSA) is 52.9 Å². The van der Waals surface area contributed by atoms with Gasteiger partial charge in [-0.15, -0.1) is 0 Å². The second-order valence-corrected chi connectivity index (χ2v) is 6.86. The number of allylic oxidation sites excluding steroid dienone is 4. The molecule has 1 aromatic rings. The van der Waals surface area contributed by atoms with Gasteiger partial charge in [0, 0.05) is 15.6 Å². The molecule has 1 spiro atoms. The summed E-state index contributed by atoms with van der Waals surface area (Å²) < 4.78 is 0. The zero-order valence-electron chi connectivity index (χ0n) is 12.9. The first kappa shape index (κ1) is 17.8. The van der Waals surface area contributed by atoms with E-state index in [4.69, 9.17) is 34.8 Å². The molecule has 0 fully saturated rings. The van der Waals surface area contributed by atoms with Gasteiger partial charge >= 0.3 is 5.97 Å². The van der Waals surface area contributed by atoms with Gasteiger partial charge in [-0.25, -0.2) is 9.80 Å². The number of carboxylic acid groups (broad SMARTS) is 1. The van der Waals surface area contributed by atoms with Crippen molar-refractivity contribution in [3.05, 3.63) is 75.8 Å². The van der Waals surface area contributed by atoms with Crippen molar-refractivity contribution in [3.63, 3.8) is 0 Å². The van der Waals surface area contributed by atoms with Gasteiger partial charge in [-0.1, -0.05) is 59.6 Å². The Hall–Kier alpha value is -2.01. The zero-order valence-corrected chi connectivity index (χ0v) is 15.2. The van der Waals surface area contributed by atoms with Gasteiger partial charge in [0.15, 0.2) is 5.71 Å². The van der Waals surface area contributed by atoms with Crippen LogP contribution in [0.1, 0.15) is 6.42 Å². The molecule has 0 bridgehead atoms. The number of carbonyl (C=O) groups is 1. The lowest BCUT2D eigenvalue weighted by Crippen LogP contribution is -2.43. The molecule has 0 radical (unpaired) electrons. The van der Waals surface area contributed by atoms with Crippen LogP contribution in [0, 0.1) is 0 Å². The summed E-state index contributed by atoms with van der Waals surface area (Å²) in [7, 11) is 0. The van der Waals surface area contributed by atoms with Crippen molar-refractivity contribution < 1.29 is 9.90 Å². The quantitative estimate of drug-likeness (QED) is 0.750. The monoisotopic (exact) mass is 394 g/mol. The van der Waals surface area contributed by atoms with Gasteiger partial charge in [0.1, 0.15) is 5.54 Å². The number of benzene rings is 1. The third-order valence-corrected chi connectivity index (χ3v) is 4.85. The van der Waals surface area contributed by atoms with Crippen molar-refractivity contribution >= 4 is 52.2 Å². The number of rotatable bonds is 2. The van der Waals surface area contributed by atoms with Crippen LogP contribution < -0.4 is 5.01 Å². The molecule has 25 heavy (non-hydrogen) atoms. The van der Waals surface area contributed by atoms with Gasteiger partial charge in [0.25, 0.3) is 0 Å². The predicted octanol–water partition coefficient (Wildman–Crippen LogP) is 5.19. The van der Waals surface area contributed by atoms with Crippen molar-refractivity contribution in [1.82, 2.24) is 0 Å². The maximum atomic E-state index is 11.6. The number of hydrogen-bond donors (Lipinski definition) is 1. The predicted molar refractivity (Wildman–Crippen MR) is 103 cm³/mol. The fourth-order valence-electron chi connectivity index (χ4n) is 2.83. The Morgan fingerprint density at radius 3 is 2.76 bits per heavy atom. The number of hydrogen-bond acceptors (Lipinski definition) is 3. The summed E-state index contributed by atoms with van der Waals surface area (Å²) in [4.78, 5) is 11.6. The molecule has 7 heteroatoms. The molecule has 1 aliphatic carbocycles. The number of aliphatic carboxylic acids is 1. The van der Waals surface area contributed by atoms with Crippen LogP contribution in [0.2, 0.25) is 10.0 Å². The van der Waals surface area contributed by atoms with Gasteiger partial charge in [0.05, 0.1) is 10.7 Å². The van der Waals surface area contributed by atoms with Crippen molar-refractivity contribution in [2.24, 2.45) is 5.10 Å². The summed E-state index contributed by atoms with van der Waals surface area (Å²) in [5.41, 5.74) is -0.0919. The SMILES string of the molecule is C=C1C(C(=O)O)=NN(c2ccc(Cl)cc2Cl)C12/C=C/C=C(Cl)\C=C/C2. The van der Waals surface area contributed by atoms with Crippen LogP contribution in [-0.4, -0.2) is 22.3 Å². The maximum Gasteiger partial charge on any atom is 0.356 e. The highest BCUT2D eigenvalue weighted by Crippen LogP contribution is 2.43. The molecule has 0 saturated heterocycles. The molecule has 128 valence electrons. The highest BCUT2D eigenvalue weighted by molar-refractivity contribution is 6.44. The molecule has 0 aromatic heterocycles. The normalized spacial score (nSPS) is 27.3. The summed E-state index contributed by atoms with van der Waals surface area (Å²) in [6.45, 7) is 3.99. The Morgan fingerprint density at radius 2 is 2.08 bits per heavy atom. The lowest BCUT2D eigenvalue weighted by Gasteiger charge is -2.36. The van der Waals surface area contributed by atoms with E-state index in [0.29, 0.717) is 32.8 Å². The minimum atomic E-state index is -1.15. The summed E-state index contributed by atoms with van der Waals surface area (Å²) in [6.07, 6.45) is 9.32. The van der Waals surface area contributed by atoms with Crippen LogP contribution in [-0.2, 0) is 4.79 Å². The first-order valence-electron chi connectivity index (χ1n) is 7.33. The van der Waals surface area contributed by atoms with Gasteiger partial charge in [-0.2, -0.15) is 5.10 Å². The fraction of sp³-hybridized carbons (Fsp3) is 0.111. The van der Waals surface area contributed by atoms with Crippen molar-refractivity contribution in [2.75, 3.05) is 5.01 Å². The third-order valence-electron chi connectivity index (χ3n) is 4.06. The van der Waals surface area contributed by atoms with E-state index in [-0.39, 0.29) is 5.71 Å². The molecule has 1 aromatic carbocycles. The van der Waals surface area contributed by atoms with E-state index >= 15 is 0 Å². The van der Waals surface area contributed by atoms with E-state index in [0.717, 1.165) is 0 Å². The van der Waals surface area contributed by atoms with Crippen LogP contribution in [0.15, 0.2) is 70.9 Å². The molecule has 1 aliphatic heterocycles. The highest BCUT2D eigenvalue weighted by atomic mass is 35.5. The molecule has 1 atom stereocenters. The number of nitrogens with zero attached hydrogens (tertiary/aromatic N) is 2. The molecule has 0 amide bonds. The third kappa shape index (κ3) is 3.13. The first-order chi connectivity index (χ1) is 11.8. The van der Waals surface area contributed by atoms with Crippen molar-refractivity contribution in [1.29, 1.82) is 0 Å². The van der Waals surface area contributed by atoms with Crippen LogP contribution in [0.25, 0.3) is 0 Å². The van der Waals surface area contributed by atoms with Gasteiger partial charge < -0.3 is 5.11 Å². The van der Waals surface area contributed by atoms with Crippen LogP contribution in [0.4, 0.5) is 5.69 Å². The van der Waals surface area contributed by atoms with E-state index < -0.39 is 11.5 Å². The Kier molecular flexibility index (Phi) is 4.78. The smallest absolute Gasteiger partial charge is 0.356 e. The standard InChI is InChI=1S/C18H13Cl3N2O2/c1-11-16(17(24)25)22-23(15-7-6-13(20)10-14(15)21)18(11)8-2-4-12(19)5-3-9-18/h2-8,10H,1,9H2,(H,24,25)/b5-3-,8-2+,12-4+. The summed E-state index contributed by atoms with van der Waals surface area (Å²) in [5.74, 6) is -1.15. The average molecular weight is 396 g/mol. The van der Waals surface area contributed by atoms with Crippen LogP contribution in [0.3, 0.4) is 0 Å². The van der Waals surface area contributed by atoms with Gasteiger partial charge in [-0.05, 0) is 36.8 Å². The van der Waals surface area contributed by atoms with E-state index in [1.165, 1.54) is 0 Å². The van der Waals surface area contributed by atoms with Crippen LogP contribution >= 0.6 is 34.8 Å². The summed E-state index contributed by atoms with van der Waals surface area (Å²) >= 11 is 18.3. The Bertz CT molecular complexity index is 886. The number of carboxylic acids is 1. The fourth-order valence-corrected chi connectivity index (χ4v) is 3.48. The Labute approximate surface area is 160 Å². The largest absolute Gasteiger partial charge is 0.476 e. The van der Waals surface area contributed by atoms with Gasteiger partial charge in [0.2, 0.25) is 0 Å². The van der Waals surface area contributed by atoms with Crippen molar-refractivity contribution in [3.8, 4) is 0 Å². The molecule has 1 unspecified atom stereocenters. The molecule has 1 N–H and O–H groups in total. The molecular weight excluding hydrogens is 383 g/mol. The molecule has 4 nitrogen and oxygen atoms in total. The highest BCUT2D eigenvalue weighted by Gasteiger charge is 2.47. The molecule has 1 heterocycles. The van der Waals surface area contributed by atoms with Crippen molar-refractivity contribution in [2.45, 2.75) is 12.0 Å². The second-order valence-electron chi connectivity index (χ2n) is 5.58. The lowest BCUT2D eigenvalue weighted by atomic mass is 9.83. The summed E-state index contributed by atoms with van der Waals surface area (Å²) in [5, 5.41) is 16.8. The summed E-state index contributed by atoms with van der Waals surface area (Å²) in [6, 6.07) is 4.96. The molecule has 3 rings (SSSR count). The Morgan fingerprint density at radius 1 is 1.32 bits per heavy atom. The van der Waals surface area contributed by atoms with E-state index in [1.807, 2.05) is 12.2 Å². The lowest BCUT2D eigenvalue weighted by molar-refractivity contribution is -0.129. The second kappa shape index (κ2) is 6.71. The molecule has 0 saturated carbocycles. The minimum absolute atomic E-state index is 0.111. The number of halogens is 3. The minimum Gasteiger partial charge on any atom is -0.476 e. The molecular formula is C18H13Cl3N2O2. The zero-order chi connectivity index (χ0) is 18.2. The van der Waals surface area contributed by atoms with E-state index in [9.17, 15) is 9.90 Å². The number of hydrazone groups is 1. The van der Waals surface area contributed by atoms with E-state index in [2.05, 4.69) is 11.7 Å². The molecule has 2 aliphatic rings. The number of anilines is 1. The van der Waals surface area contributed by atoms with E-state index in [1.54, 1.807) is 41.4 Å². The Balaban J connectivity index is 2.19. The maximum absolute atomic E-state index is 11.6. The van der Waals surface area contributed by atoms with Gasteiger partial charge in [-0.3, -0.25) is 0 Å². The first-order valence-corrected chi connectivity index (χ1v) is 8.47. The van der Waals surface area contributed by atoms with Crippen LogP contribution in [0.5, 0.6) is 0 Å².